The van der Waals surface area contributed by atoms with E-state index in [0.29, 0.717) is 30.2 Å². The van der Waals surface area contributed by atoms with Crippen LogP contribution in [-0.4, -0.2) is 24.2 Å². The molecule has 0 amide bonds. The Morgan fingerprint density at radius 3 is 2.29 bits per heavy atom. The average Bonchev–Trinajstić information content (AvgIpc) is 2.67. The standard InChI is InChI=1S/C24H25NO3/c1-6-27-17(5)21-15(3)25-16(4)22(24(26)28-7-2)23(21)20-14-10-12-18-11-8-9-13-19(18)20/h8-14H,5-7H2,1-4H3. The zero-order valence-corrected chi connectivity index (χ0v) is 16.8. The van der Waals surface area contributed by atoms with Crippen molar-refractivity contribution >= 4 is 22.5 Å². The van der Waals surface area contributed by atoms with Gasteiger partial charge < -0.3 is 9.47 Å². The van der Waals surface area contributed by atoms with E-state index in [2.05, 4.69) is 29.8 Å². The number of carbonyl (C=O) groups is 1. The number of hydrogen-bond acceptors (Lipinski definition) is 4. The van der Waals surface area contributed by atoms with E-state index in [1.165, 1.54) is 0 Å². The first-order valence-corrected chi connectivity index (χ1v) is 9.48. The van der Waals surface area contributed by atoms with Crippen LogP contribution in [0.1, 0.15) is 41.2 Å². The first-order valence-electron chi connectivity index (χ1n) is 9.48. The van der Waals surface area contributed by atoms with Gasteiger partial charge >= 0.3 is 5.97 Å². The summed E-state index contributed by atoms with van der Waals surface area (Å²) in [5.41, 5.74) is 4.30. The Labute approximate surface area is 165 Å². The lowest BCUT2D eigenvalue weighted by Gasteiger charge is -2.21. The molecule has 0 N–H and O–H groups in total. The van der Waals surface area contributed by atoms with Gasteiger partial charge in [-0.1, -0.05) is 49.0 Å². The number of pyridine rings is 1. The van der Waals surface area contributed by atoms with Gasteiger partial charge in [0, 0.05) is 16.8 Å². The van der Waals surface area contributed by atoms with Crippen LogP contribution >= 0.6 is 0 Å². The highest BCUT2D eigenvalue weighted by molar-refractivity contribution is 6.07. The molecule has 144 valence electrons. The third kappa shape index (κ3) is 3.50. The van der Waals surface area contributed by atoms with Gasteiger partial charge in [0.25, 0.3) is 0 Å². The highest BCUT2D eigenvalue weighted by Crippen LogP contribution is 2.39. The predicted octanol–water partition coefficient (Wildman–Crippen LogP) is 5.70. The van der Waals surface area contributed by atoms with Crippen molar-refractivity contribution in [3.8, 4) is 11.1 Å². The zero-order chi connectivity index (χ0) is 20.3. The smallest absolute Gasteiger partial charge is 0.340 e. The molecule has 3 rings (SSSR count). The van der Waals surface area contributed by atoms with Crippen LogP contribution in [0.25, 0.3) is 27.7 Å². The number of aromatic nitrogens is 1. The Kier molecular flexibility index (Phi) is 5.78. The van der Waals surface area contributed by atoms with Gasteiger partial charge in [0.2, 0.25) is 0 Å². The summed E-state index contributed by atoms with van der Waals surface area (Å²) in [4.78, 5) is 17.5. The normalized spacial score (nSPS) is 10.7. The fourth-order valence-corrected chi connectivity index (χ4v) is 3.60. The fraction of sp³-hybridized carbons (Fsp3) is 0.250. The highest BCUT2D eigenvalue weighted by Gasteiger charge is 2.26. The molecule has 0 aliphatic rings. The molecule has 3 aromatic rings. The van der Waals surface area contributed by atoms with E-state index in [1.807, 2.05) is 45.0 Å². The molecule has 0 aliphatic carbocycles. The summed E-state index contributed by atoms with van der Waals surface area (Å²) in [6.45, 7) is 12.3. The Hall–Kier alpha value is -3.14. The molecule has 0 saturated heterocycles. The molecule has 0 spiro atoms. The van der Waals surface area contributed by atoms with Crippen molar-refractivity contribution in [2.45, 2.75) is 27.7 Å². The van der Waals surface area contributed by atoms with E-state index in [0.717, 1.165) is 33.2 Å². The molecule has 4 nitrogen and oxygen atoms in total. The monoisotopic (exact) mass is 375 g/mol. The van der Waals surface area contributed by atoms with Crippen molar-refractivity contribution in [2.75, 3.05) is 13.2 Å². The number of carbonyl (C=O) groups excluding carboxylic acids is 1. The highest BCUT2D eigenvalue weighted by atomic mass is 16.5. The molecule has 1 heterocycles. The molecule has 4 heteroatoms. The van der Waals surface area contributed by atoms with Crippen LogP contribution in [0.2, 0.25) is 0 Å². The van der Waals surface area contributed by atoms with Crippen LogP contribution in [0.5, 0.6) is 0 Å². The van der Waals surface area contributed by atoms with Gasteiger partial charge in [0.1, 0.15) is 5.76 Å². The van der Waals surface area contributed by atoms with Crippen molar-refractivity contribution in [3.05, 3.63) is 71.6 Å². The maximum Gasteiger partial charge on any atom is 0.340 e. The van der Waals surface area contributed by atoms with Crippen molar-refractivity contribution in [1.82, 2.24) is 4.98 Å². The summed E-state index contributed by atoms with van der Waals surface area (Å²) < 4.78 is 11.1. The summed E-state index contributed by atoms with van der Waals surface area (Å²) in [5, 5.41) is 2.14. The zero-order valence-electron chi connectivity index (χ0n) is 16.8. The van der Waals surface area contributed by atoms with Crippen LogP contribution in [-0.2, 0) is 9.47 Å². The van der Waals surface area contributed by atoms with E-state index in [-0.39, 0.29) is 5.97 Å². The molecule has 0 fully saturated rings. The maximum atomic E-state index is 12.9. The summed E-state index contributed by atoms with van der Waals surface area (Å²) in [6.07, 6.45) is 0. The number of esters is 1. The molecule has 0 saturated carbocycles. The van der Waals surface area contributed by atoms with E-state index in [4.69, 9.17) is 9.47 Å². The van der Waals surface area contributed by atoms with Crippen LogP contribution in [0, 0.1) is 13.8 Å². The third-order valence-electron chi connectivity index (χ3n) is 4.69. The minimum Gasteiger partial charge on any atom is -0.494 e. The molecule has 2 aromatic carbocycles. The fourth-order valence-electron chi connectivity index (χ4n) is 3.60. The quantitative estimate of drug-likeness (QED) is 0.409. The van der Waals surface area contributed by atoms with Crippen molar-refractivity contribution < 1.29 is 14.3 Å². The largest absolute Gasteiger partial charge is 0.494 e. The molecule has 0 unspecified atom stereocenters. The molecule has 1 aromatic heterocycles. The van der Waals surface area contributed by atoms with E-state index in [9.17, 15) is 4.79 Å². The van der Waals surface area contributed by atoms with Gasteiger partial charge in [-0.05, 0) is 44.0 Å². The lowest BCUT2D eigenvalue weighted by Crippen LogP contribution is -2.14. The van der Waals surface area contributed by atoms with Crippen molar-refractivity contribution in [1.29, 1.82) is 0 Å². The van der Waals surface area contributed by atoms with E-state index in [1.54, 1.807) is 6.92 Å². The number of fused-ring (bicyclic) bond motifs is 1. The topological polar surface area (TPSA) is 48.4 Å². The van der Waals surface area contributed by atoms with Gasteiger partial charge in [0.15, 0.2) is 0 Å². The molecule has 0 aliphatic heterocycles. The number of ether oxygens (including phenoxy) is 2. The molecule has 0 atom stereocenters. The van der Waals surface area contributed by atoms with E-state index < -0.39 is 0 Å². The Morgan fingerprint density at radius 1 is 0.929 bits per heavy atom. The average molecular weight is 375 g/mol. The van der Waals surface area contributed by atoms with Crippen LogP contribution in [0.15, 0.2) is 49.0 Å². The number of rotatable bonds is 6. The summed E-state index contributed by atoms with van der Waals surface area (Å²) in [7, 11) is 0. The minimum absolute atomic E-state index is 0.295. The maximum absolute atomic E-state index is 12.9. The Balaban J connectivity index is 2.45. The number of hydrogen-bond donors (Lipinski definition) is 0. The van der Waals surface area contributed by atoms with E-state index >= 15 is 0 Å². The lowest BCUT2D eigenvalue weighted by molar-refractivity contribution is 0.0526. The van der Waals surface area contributed by atoms with Crippen LogP contribution in [0.3, 0.4) is 0 Å². The van der Waals surface area contributed by atoms with Crippen molar-refractivity contribution in [2.24, 2.45) is 0 Å². The molecule has 28 heavy (non-hydrogen) atoms. The van der Waals surface area contributed by atoms with Crippen molar-refractivity contribution in [3.63, 3.8) is 0 Å². The number of aryl methyl sites for hydroxylation is 2. The van der Waals surface area contributed by atoms with Gasteiger partial charge in [-0.2, -0.15) is 0 Å². The second-order valence-electron chi connectivity index (χ2n) is 6.51. The van der Waals surface area contributed by atoms with Gasteiger partial charge in [-0.15, -0.1) is 0 Å². The summed E-state index contributed by atoms with van der Waals surface area (Å²) in [5.74, 6) is 0.113. The lowest BCUT2D eigenvalue weighted by atomic mass is 9.89. The Bertz CT molecular complexity index is 1010. The molecular weight excluding hydrogens is 350 g/mol. The van der Waals surface area contributed by atoms with Gasteiger partial charge in [0.05, 0.1) is 24.5 Å². The number of nitrogens with zero attached hydrogens (tertiary/aromatic N) is 1. The van der Waals surface area contributed by atoms with Gasteiger partial charge in [-0.3, -0.25) is 4.98 Å². The van der Waals surface area contributed by atoms with Gasteiger partial charge in [-0.25, -0.2) is 4.79 Å². The predicted molar refractivity (Wildman–Crippen MR) is 113 cm³/mol. The summed E-state index contributed by atoms with van der Waals surface area (Å²) in [6, 6.07) is 14.2. The van der Waals surface area contributed by atoms with Crippen LogP contribution < -0.4 is 0 Å². The molecule has 0 bridgehead atoms. The minimum atomic E-state index is -0.388. The first kappa shape index (κ1) is 19.6. The Morgan fingerprint density at radius 2 is 1.57 bits per heavy atom. The first-order chi connectivity index (χ1) is 13.5. The second kappa shape index (κ2) is 8.26. The third-order valence-corrected chi connectivity index (χ3v) is 4.69. The summed E-state index contributed by atoms with van der Waals surface area (Å²) >= 11 is 0. The van der Waals surface area contributed by atoms with Crippen LogP contribution in [0.4, 0.5) is 0 Å². The second-order valence-corrected chi connectivity index (χ2v) is 6.51. The SMILES string of the molecule is C=C(OCC)c1c(C)nc(C)c(C(=O)OCC)c1-c1cccc2ccccc12. The molecule has 0 radical (unpaired) electrons. The molecular formula is C24H25NO3. The number of benzene rings is 2.